The Morgan fingerprint density at radius 2 is 1.74 bits per heavy atom. The molecular weight excluding hydrogens is 368 g/mol. The van der Waals surface area contributed by atoms with E-state index in [2.05, 4.69) is 5.32 Å². The number of carbonyl (C=O) groups is 3. The van der Waals surface area contributed by atoms with Crippen molar-refractivity contribution in [2.45, 2.75) is 19.3 Å². The molecule has 3 rings (SSSR count). The van der Waals surface area contributed by atoms with Crippen molar-refractivity contribution in [2.75, 3.05) is 18.4 Å². The lowest BCUT2D eigenvalue weighted by Gasteiger charge is -2.18. The number of halogens is 1. The van der Waals surface area contributed by atoms with Gasteiger partial charge in [0.25, 0.3) is 5.91 Å². The Morgan fingerprint density at radius 3 is 2.44 bits per heavy atom. The van der Waals surface area contributed by atoms with E-state index in [1.165, 1.54) is 12.1 Å². The highest BCUT2D eigenvalue weighted by Crippen LogP contribution is 2.24. The van der Waals surface area contributed by atoms with Gasteiger partial charge < -0.3 is 15.3 Å². The summed E-state index contributed by atoms with van der Waals surface area (Å²) in [6, 6.07) is 11.1. The number of hydrogen-bond donors (Lipinski definition) is 2. The number of anilines is 1. The second kappa shape index (κ2) is 8.22. The van der Waals surface area contributed by atoms with Crippen molar-refractivity contribution >= 4 is 35.1 Å². The van der Waals surface area contributed by atoms with Gasteiger partial charge in [0.05, 0.1) is 23.2 Å². The van der Waals surface area contributed by atoms with Gasteiger partial charge in [0.15, 0.2) is 0 Å². The molecule has 6 nitrogen and oxygen atoms in total. The van der Waals surface area contributed by atoms with Gasteiger partial charge in [-0.15, -0.1) is 0 Å². The van der Waals surface area contributed by atoms with Gasteiger partial charge in [-0.05, 0) is 42.7 Å². The van der Waals surface area contributed by atoms with Gasteiger partial charge in [0.1, 0.15) is 0 Å². The minimum Gasteiger partial charge on any atom is -0.478 e. The van der Waals surface area contributed by atoms with Gasteiger partial charge in [0.2, 0.25) is 5.91 Å². The van der Waals surface area contributed by atoms with E-state index in [1.54, 1.807) is 35.2 Å². The number of carbonyl (C=O) groups excluding carboxylic acids is 2. The number of benzene rings is 2. The van der Waals surface area contributed by atoms with Gasteiger partial charge in [-0.1, -0.05) is 29.8 Å². The zero-order chi connectivity index (χ0) is 19.4. The Balaban J connectivity index is 1.81. The summed E-state index contributed by atoms with van der Waals surface area (Å²) in [6.07, 6.45) is 1.81. The molecule has 2 aromatic rings. The van der Waals surface area contributed by atoms with Crippen LogP contribution in [-0.2, 0) is 11.2 Å². The van der Waals surface area contributed by atoms with Gasteiger partial charge in [0, 0.05) is 18.1 Å². The van der Waals surface area contributed by atoms with E-state index < -0.39 is 11.9 Å². The van der Waals surface area contributed by atoms with E-state index in [0.29, 0.717) is 34.9 Å². The third kappa shape index (κ3) is 4.46. The van der Waals surface area contributed by atoms with E-state index in [4.69, 9.17) is 11.6 Å². The van der Waals surface area contributed by atoms with Crippen LogP contribution in [0.4, 0.5) is 5.69 Å². The molecule has 2 aromatic carbocycles. The molecule has 0 unspecified atom stereocenters. The fourth-order valence-corrected chi connectivity index (χ4v) is 3.32. The molecule has 2 N–H and O–H groups in total. The van der Waals surface area contributed by atoms with Crippen LogP contribution in [0.15, 0.2) is 42.5 Å². The van der Waals surface area contributed by atoms with Gasteiger partial charge in [-0.2, -0.15) is 0 Å². The summed E-state index contributed by atoms with van der Waals surface area (Å²) in [6.45, 7) is 1.39. The molecule has 140 valence electrons. The first-order valence-electron chi connectivity index (χ1n) is 8.65. The van der Waals surface area contributed by atoms with Crippen LogP contribution < -0.4 is 5.32 Å². The number of carboxylic acids is 1. The number of rotatable bonds is 5. The average molecular weight is 387 g/mol. The van der Waals surface area contributed by atoms with Crippen LogP contribution in [0.2, 0.25) is 5.02 Å². The molecular formula is C20H19ClN2O4. The molecule has 1 heterocycles. The van der Waals surface area contributed by atoms with E-state index in [1.807, 2.05) is 0 Å². The zero-order valence-corrected chi connectivity index (χ0v) is 15.3. The highest BCUT2D eigenvalue weighted by Gasteiger charge is 2.23. The lowest BCUT2D eigenvalue weighted by Crippen LogP contribution is -2.29. The topological polar surface area (TPSA) is 86.7 Å². The number of amides is 2. The Kier molecular flexibility index (Phi) is 5.76. The van der Waals surface area contributed by atoms with Crippen molar-refractivity contribution in [1.82, 2.24) is 4.90 Å². The van der Waals surface area contributed by atoms with Crippen LogP contribution in [0.1, 0.15) is 39.1 Å². The van der Waals surface area contributed by atoms with Gasteiger partial charge >= 0.3 is 5.97 Å². The third-order valence-corrected chi connectivity index (χ3v) is 4.71. The molecule has 7 heteroatoms. The first-order chi connectivity index (χ1) is 13.0. The smallest absolute Gasteiger partial charge is 0.335 e. The molecule has 0 aromatic heterocycles. The van der Waals surface area contributed by atoms with E-state index in [9.17, 15) is 19.5 Å². The molecule has 1 aliphatic rings. The first kappa shape index (κ1) is 18.9. The fraction of sp³-hybridized carbons (Fsp3) is 0.250. The second-order valence-electron chi connectivity index (χ2n) is 6.38. The highest BCUT2D eigenvalue weighted by atomic mass is 35.5. The van der Waals surface area contributed by atoms with Crippen LogP contribution in [0.5, 0.6) is 0 Å². The van der Waals surface area contributed by atoms with Crippen molar-refractivity contribution in [2.24, 2.45) is 0 Å². The summed E-state index contributed by atoms with van der Waals surface area (Å²) in [5.74, 6) is -1.65. The predicted octanol–water partition coefficient (Wildman–Crippen LogP) is 3.46. The standard InChI is InChI=1S/C20H19ClN2O4/c21-14-7-8-16(19(25)23-9-3-4-10-23)17(12-14)22-18(24)11-13-5-1-2-6-15(13)20(26)27/h1-2,5-8,12H,3-4,9-11H2,(H,22,24)(H,26,27). The summed E-state index contributed by atoms with van der Waals surface area (Å²) in [7, 11) is 0. The minimum absolute atomic E-state index is 0.0760. The van der Waals surface area contributed by atoms with Crippen molar-refractivity contribution in [3.8, 4) is 0 Å². The summed E-state index contributed by atoms with van der Waals surface area (Å²) in [5.41, 5.74) is 1.18. The third-order valence-electron chi connectivity index (χ3n) is 4.48. The van der Waals surface area contributed by atoms with Crippen LogP contribution in [0.3, 0.4) is 0 Å². The lowest BCUT2D eigenvalue weighted by molar-refractivity contribution is -0.115. The number of hydrogen-bond acceptors (Lipinski definition) is 3. The Labute approximate surface area is 161 Å². The quantitative estimate of drug-likeness (QED) is 0.823. The maximum absolute atomic E-state index is 12.7. The predicted molar refractivity (Wildman–Crippen MR) is 102 cm³/mol. The van der Waals surface area contributed by atoms with E-state index >= 15 is 0 Å². The molecule has 0 spiro atoms. The monoisotopic (exact) mass is 386 g/mol. The normalized spacial score (nSPS) is 13.4. The van der Waals surface area contributed by atoms with Crippen LogP contribution >= 0.6 is 11.6 Å². The van der Waals surface area contributed by atoms with Crippen molar-refractivity contribution in [1.29, 1.82) is 0 Å². The number of nitrogens with zero attached hydrogens (tertiary/aromatic N) is 1. The van der Waals surface area contributed by atoms with Crippen molar-refractivity contribution < 1.29 is 19.5 Å². The van der Waals surface area contributed by atoms with Crippen LogP contribution in [0.25, 0.3) is 0 Å². The van der Waals surface area contributed by atoms with Gasteiger partial charge in [-0.25, -0.2) is 4.79 Å². The maximum atomic E-state index is 12.7. The average Bonchev–Trinajstić information content (AvgIpc) is 3.16. The first-order valence-corrected chi connectivity index (χ1v) is 9.03. The number of nitrogens with one attached hydrogen (secondary N) is 1. The molecule has 2 amide bonds. The van der Waals surface area contributed by atoms with E-state index in [0.717, 1.165) is 12.8 Å². The van der Waals surface area contributed by atoms with Crippen LogP contribution in [-0.4, -0.2) is 40.9 Å². The minimum atomic E-state index is -1.09. The maximum Gasteiger partial charge on any atom is 0.335 e. The molecule has 27 heavy (non-hydrogen) atoms. The van der Waals surface area contributed by atoms with Crippen LogP contribution in [0, 0.1) is 0 Å². The largest absolute Gasteiger partial charge is 0.478 e. The summed E-state index contributed by atoms with van der Waals surface area (Å²) < 4.78 is 0. The number of aromatic carboxylic acids is 1. The van der Waals surface area contributed by atoms with Crippen molar-refractivity contribution in [3.05, 3.63) is 64.2 Å². The molecule has 1 fully saturated rings. The number of carboxylic acid groups (broad SMARTS) is 1. The summed E-state index contributed by atoms with van der Waals surface area (Å²) in [4.78, 5) is 38.3. The SMILES string of the molecule is O=C(Cc1ccccc1C(=O)O)Nc1cc(Cl)ccc1C(=O)N1CCCC1. The molecule has 1 aliphatic heterocycles. The van der Waals surface area contributed by atoms with E-state index in [-0.39, 0.29) is 17.9 Å². The fourth-order valence-electron chi connectivity index (χ4n) is 3.15. The highest BCUT2D eigenvalue weighted by molar-refractivity contribution is 6.31. The molecule has 0 aliphatic carbocycles. The Hall–Kier alpha value is -2.86. The Morgan fingerprint density at radius 1 is 1.04 bits per heavy atom. The number of likely N-dealkylation sites (tertiary alicyclic amines) is 1. The molecule has 0 radical (unpaired) electrons. The molecule has 0 atom stereocenters. The summed E-state index contributed by atoms with van der Waals surface area (Å²) >= 11 is 6.04. The lowest BCUT2D eigenvalue weighted by atomic mass is 10.0. The second-order valence-corrected chi connectivity index (χ2v) is 6.81. The van der Waals surface area contributed by atoms with Crippen molar-refractivity contribution in [3.63, 3.8) is 0 Å². The molecule has 0 bridgehead atoms. The Bertz CT molecular complexity index is 891. The van der Waals surface area contributed by atoms with Gasteiger partial charge in [-0.3, -0.25) is 9.59 Å². The zero-order valence-electron chi connectivity index (χ0n) is 14.6. The molecule has 0 saturated carbocycles. The molecule has 1 saturated heterocycles. The summed E-state index contributed by atoms with van der Waals surface area (Å²) in [5, 5.41) is 12.3.